The molecule has 0 saturated heterocycles. The first-order valence-electron chi connectivity index (χ1n) is 8.39. The third-order valence-electron chi connectivity index (χ3n) is 4.79. The van der Waals surface area contributed by atoms with Gasteiger partial charge in [0.2, 0.25) is 0 Å². The molecule has 116 valence electrons. The van der Waals surface area contributed by atoms with Crippen molar-refractivity contribution in [2.45, 2.75) is 32.1 Å². The van der Waals surface area contributed by atoms with Gasteiger partial charge in [-0.15, -0.1) is 11.3 Å². The van der Waals surface area contributed by atoms with Crippen LogP contribution in [0.2, 0.25) is 0 Å². The van der Waals surface area contributed by atoms with Gasteiger partial charge >= 0.3 is 0 Å². The Hall–Kier alpha value is -2.01. The highest BCUT2D eigenvalue weighted by molar-refractivity contribution is 7.16. The number of amidine groups is 2. The predicted molar refractivity (Wildman–Crippen MR) is 94.1 cm³/mol. The standard InChI is InChI=1S/C18H18N4S/c1-2-8-14-12(6-1)15-17-20-10-5-11-22(17)16(21-18(15)23-14)13-7-3-4-9-19-13/h3-4,7,9H,1-2,5-6,8,10-11H2. The molecule has 23 heavy (non-hydrogen) atoms. The minimum atomic E-state index is 0.922. The topological polar surface area (TPSA) is 40.9 Å². The molecule has 1 aliphatic carbocycles. The number of aliphatic imine (C=N–C) groups is 2. The molecular weight excluding hydrogens is 304 g/mol. The molecule has 0 unspecified atom stereocenters. The molecule has 4 nitrogen and oxygen atoms in total. The van der Waals surface area contributed by atoms with Crippen LogP contribution in [0.5, 0.6) is 0 Å². The number of rotatable bonds is 1. The Morgan fingerprint density at radius 2 is 2.00 bits per heavy atom. The summed E-state index contributed by atoms with van der Waals surface area (Å²) in [5.41, 5.74) is 3.79. The van der Waals surface area contributed by atoms with Crippen LogP contribution >= 0.6 is 11.3 Å². The number of hydrogen-bond donors (Lipinski definition) is 0. The fourth-order valence-corrected chi connectivity index (χ4v) is 4.99. The summed E-state index contributed by atoms with van der Waals surface area (Å²) in [4.78, 5) is 18.3. The first kappa shape index (κ1) is 13.4. The first-order valence-corrected chi connectivity index (χ1v) is 9.20. The van der Waals surface area contributed by atoms with Crippen molar-refractivity contribution in [2.75, 3.05) is 13.1 Å². The molecule has 5 rings (SSSR count). The van der Waals surface area contributed by atoms with Crippen molar-refractivity contribution < 1.29 is 0 Å². The van der Waals surface area contributed by atoms with E-state index in [0.29, 0.717) is 0 Å². The second-order valence-electron chi connectivity index (χ2n) is 6.25. The normalized spacial score (nSPS) is 19.4. The van der Waals surface area contributed by atoms with Gasteiger partial charge in [-0.2, -0.15) is 0 Å². The van der Waals surface area contributed by atoms with Gasteiger partial charge < -0.3 is 4.90 Å². The van der Waals surface area contributed by atoms with Crippen LogP contribution in [-0.2, 0) is 12.8 Å². The molecule has 0 N–H and O–H groups in total. The molecule has 0 saturated carbocycles. The van der Waals surface area contributed by atoms with Gasteiger partial charge in [-0.05, 0) is 49.8 Å². The van der Waals surface area contributed by atoms with E-state index in [1.54, 1.807) is 0 Å². The lowest BCUT2D eigenvalue weighted by atomic mass is 9.94. The number of aromatic nitrogens is 1. The SMILES string of the molecule is c1ccc(C2=Nc3sc4c(c3C3=NCCCN23)CCCC4)nc1. The van der Waals surface area contributed by atoms with Crippen molar-refractivity contribution in [1.29, 1.82) is 0 Å². The van der Waals surface area contributed by atoms with Crippen LogP contribution in [0.15, 0.2) is 34.4 Å². The third-order valence-corrected chi connectivity index (χ3v) is 5.98. The molecule has 4 heterocycles. The molecule has 2 aliphatic heterocycles. The molecule has 0 bridgehead atoms. The average molecular weight is 322 g/mol. The minimum absolute atomic E-state index is 0.922. The number of thiophene rings is 1. The molecule has 0 aromatic carbocycles. The van der Waals surface area contributed by atoms with Crippen molar-refractivity contribution in [2.24, 2.45) is 9.98 Å². The number of hydrogen-bond acceptors (Lipinski definition) is 5. The highest BCUT2D eigenvalue weighted by Crippen LogP contribution is 2.43. The van der Waals surface area contributed by atoms with E-state index in [1.807, 2.05) is 35.7 Å². The molecule has 5 heteroatoms. The van der Waals surface area contributed by atoms with Gasteiger partial charge in [-0.3, -0.25) is 9.98 Å². The Morgan fingerprint density at radius 3 is 2.91 bits per heavy atom. The minimum Gasteiger partial charge on any atom is -0.309 e. The Labute approximate surface area is 139 Å². The predicted octanol–water partition coefficient (Wildman–Crippen LogP) is 3.57. The van der Waals surface area contributed by atoms with Crippen LogP contribution in [0, 0.1) is 0 Å². The third kappa shape index (κ3) is 2.06. The maximum absolute atomic E-state index is 5.02. The van der Waals surface area contributed by atoms with E-state index in [-0.39, 0.29) is 0 Å². The molecule has 3 aliphatic rings. The Balaban J connectivity index is 1.73. The van der Waals surface area contributed by atoms with Gasteiger partial charge in [-0.1, -0.05) is 6.07 Å². The van der Waals surface area contributed by atoms with Crippen LogP contribution in [0.3, 0.4) is 0 Å². The smallest absolute Gasteiger partial charge is 0.161 e. The number of pyridine rings is 1. The summed E-state index contributed by atoms with van der Waals surface area (Å²) in [6.07, 6.45) is 7.90. The molecule has 0 atom stereocenters. The lowest BCUT2D eigenvalue weighted by Gasteiger charge is -2.33. The van der Waals surface area contributed by atoms with E-state index in [1.165, 1.54) is 41.7 Å². The molecule has 0 fully saturated rings. The molecule has 2 aromatic rings. The summed E-state index contributed by atoms with van der Waals surface area (Å²) in [7, 11) is 0. The second kappa shape index (κ2) is 5.27. The van der Waals surface area contributed by atoms with Crippen LogP contribution in [0.25, 0.3) is 0 Å². The summed E-state index contributed by atoms with van der Waals surface area (Å²) in [6, 6.07) is 6.03. The Bertz CT molecular complexity index is 819. The van der Waals surface area contributed by atoms with Gasteiger partial charge in [0.05, 0.1) is 5.56 Å². The number of aryl methyl sites for hydroxylation is 1. The monoisotopic (exact) mass is 322 g/mol. The summed E-state index contributed by atoms with van der Waals surface area (Å²) in [6.45, 7) is 1.91. The van der Waals surface area contributed by atoms with Crippen molar-refractivity contribution >= 4 is 28.0 Å². The van der Waals surface area contributed by atoms with Crippen LogP contribution in [0.4, 0.5) is 5.00 Å². The van der Waals surface area contributed by atoms with Gasteiger partial charge in [-0.25, -0.2) is 4.99 Å². The van der Waals surface area contributed by atoms with Gasteiger partial charge in [0.15, 0.2) is 5.84 Å². The lowest BCUT2D eigenvalue weighted by Crippen LogP contribution is -2.43. The number of nitrogens with zero attached hydrogens (tertiary/aromatic N) is 4. The zero-order chi connectivity index (χ0) is 15.2. The quantitative estimate of drug-likeness (QED) is 0.805. The zero-order valence-electron chi connectivity index (χ0n) is 13.0. The Kier molecular flexibility index (Phi) is 3.08. The average Bonchev–Trinajstić information content (AvgIpc) is 3.00. The fraction of sp³-hybridized carbons (Fsp3) is 0.389. The van der Waals surface area contributed by atoms with E-state index in [9.17, 15) is 0 Å². The highest BCUT2D eigenvalue weighted by atomic mass is 32.1. The lowest BCUT2D eigenvalue weighted by molar-refractivity contribution is 0.544. The highest BCUT2D eigenvalue weighted by Gasteiger charge is 2.34. The summed E-state index contributed by atoms with van der Waals surface area (Å²) >= 11 is 1.87. The van der Waals surface area contributed by atoms with Crippen LogP contribution in [-0.4, -0.2) is 34.6 Å². The van der Waals surface area contributed by atoms with Crippen molar-refractivity contribution in [3.05, 3.63) is 46.1 Å². The van der Waals surface area contributed by atoms with Gasteiger partial charge in [0, 0.05) is 24.2 Å². The largest absolute Gasteiger partial charge is 0.309 e. The zero-order valence-corrected chi connectivity index (χ0v) is 13.8. The van der Waals surface area contributed by atoms with E-state index in [0.717, 1.165) is 41.9 Å². The van der Waals surface area contributed by atoms with E-state index in [2.05, 4.69) is 9.88 Å². The maximum atomic E-state index is 5.02. The van der Waals surface area contributed by atoms with Crippen LogP contribution < -0.4 is 0 Å². The van der Waals surface area contributed by atoms with Crippen molar-refractivity contribution in [3.63, 3.8) is 0 Å². The summed E-state index contributed by atoms with van der Waals surface area (Å²) in [5.74, 6) is 2.11. The molecular formula is C18H18N4S. The Morgan fingerprint density at radius 1 is 1.04 bits per heavy atom. The van der Waals surface area contributed by atoms with E-state index in [4.69, 9.17) is 9.98 Å². The maximum Gasteiger partial charge on any atom is 0.161 e. The van der Waals surface area contributed by atoms with Gasteiger partial charge in [0.1, 0.15) is 16.5 Å². The molecule has 0 spiro atoms. The van der Waals surface area contributed by atoms with Crippen molar-refractivity contribution in [3.8, 4) is 0 Å². The van der Waals surface area contributed by atoms with Crippen molar-refractivity contribution in [1.82, 2.24) is 9.88 Å². The second-order valence-corrected chi connectivity index (χ2v) is 7.34. The van der Waals surface area contributed by atoms with Gasteiger partial charge in [0.25, 0.3) is 0 Å². The summed E-state index contributed by atoms with van der Waals surface area (Å²) in [5, 5.41) is 1.15. The molecule has 0 radical (unpaired) electrons. The molecule has 0 amide bonds. The first-order chi connectivity index (χ1) is 11.4. The van der Waals surface area contributed by atoms with E-state index >= 15 is 0 Å². The number of fused-ring (bicyclic) bond motifs is 5. The van der Waals surface area contributed by atoms with Crippen LogP contribution in [0.1, 0.15) is 41.0 Å². The summed E-state index contributed by atoms with van der Waals surface area (Å²) < 4.78 is 0. The van der Waals surface area contributed by atoms with E-state index < -0.39 is 0 Å². The fourth-order valence-electron chi connectivity index (χ4n) is 3.73. The molecule has 2 aromatic heterocycles.